The molecule has 0 saturated heterocycles. The van der Waals surface area contributed by atoms with E-state index < -0.39 is 12.0 Å². The standard InChI is InChI=1S/C16H25NO2/c1-2-3-4-5-6-10-13-17-15(16(18)19)14-11-8-7-9-12-14/h7-9,11-12,15,17H,2-6,10,13H2,1H3,(H,18,19). The molecule has 0 aromatic heterocycles. The Labute approximate surface area is 116 Å². The third kappa shape index (κ3) is 6.39. The van der Waals surface area contributed by atoms with Crippen molar-refractivity contribution in [1.29, 1.82) is 0 Å². The van der Waals surface area contributed by atoms with E-state index in [9.17, 15) is 9.90 Å². The van der Waals surface area contributed by atoms with Gasteiger partial charge in [0.25, 0.3) is 0 Å². The summed E-state index contributed by atoms with van der Waals surface area (Å²) in [5.74, 6) is -0.808. The van der Waals surface area contributed by atoms with Crippen molar-refractivity contribution in [2.75, 3.05) is 6.54 Å². The summed E-state index contributed by atoms with van der Waals surface area (Å²) in [5.41, 5.74) is 0.820. The molecule has 3 heteroatoms. The molecule has 0 heterocycles. The van der Waals surface area contributed by atoms with Gasteiger partial charge in [0.05, 0.1) is 0 Å². The van der Waals surface area contributed by atoms with Crippen LogP contribution in [0.2, 0.25) is 0 Å². The maximum absolute atomic E-state index is 11.2. The Hall–Kier alpha value is -1.35. The molecule has 1 aromatic rings. The summed E-state index contributed by atoms with van der Waals surface area (Å²) in [6.45, 7) is 2.97. The molecule has 1 atom stereocenters. The molecule has 1 unspecified atom stereocenters. The van der Waals surface area contributed by atoms with E-state index in [-0.39, 0.29) is 0 Å². The average Bonchev–Trinajstić information content (AvgIpc) is 2.42. The summed E-state index contributed by atoms with van der Waals surface area (Å²) in [7, 11) is 0. The number of unbranched alkanes of at least 4 members (excludes halogenated alkanes) is 5. The largest absolute Gasteiger partial charge is 0.480 e. The second kappa shape index (κ2) is 9.56. The van der Waals surface area contributed by atoms with Gasteiger partial charge in [0.2, 0.25) is 0 Å². The highest BCUT2D eigenvalue weighted by atomic mass is 16.4. The minimum atomic E-state index is -0.808. The van der Waals surface area contributed by atoms with Crippen molar-refractivity contribution in [2.45, 2.75) is 51.5 Å². The molecule has 2 N–H and O–H groups in total. The number of carbonyl (C=O) groups is 1. The van der Waals surface area contributed by atoms with Gasteiger partial charge in [0.15, 0.2) is 0 Å². The molecule has 0 aliphatic carbocycles. The molecule has 0 bridgehead atoms. The van der Waals surface area contributed by atoms with E-state index in [1.807, 2.05) is 30.3 Å². The zero-order valence-corrected chi connectivity index (χ0v) is 11.8. The highest BCUT2D eigenvalue weighted by Crippen LogP contribution is 2.13. The number of benzene rings is 1. The molecule has 1 aromatic carbocycles. The number of aliphatic carboxylic acids is 1. The molecule has 1 rings (SSSR count). The van der Waals surface area contributed by atoms with Crippen molar-refractivity contribution < 1.29 is 9.90 Å². The molecule has 0 aliphatic heterocycles. The van der Waals surface area contributed by atoms with Crippen LogP contribution in [0.25, 0.3) is 0 Å². The van der Waals surface area contributed by atoms with Crippen LogP contribution in [0.3, 0.4) is 0 Å². The highest BCUT2D eigenvalue weighted by Gasteiger charge is 2.17. The van der Waals surface area contributed by atoms with Crippen molar-refractivity contribution in [3.8, 4) is 0 Å². The molecule has 0 radical (unpaired) electrons. The lowest BCUT2D eigenvalue weighted by Crippen LogP contribution is -2.29. The van der Waals surface area contributed by atoms with E-state index in [0.717, 1.165) is 18.5 Å². The molecule has 106 valence electrons. The fourth-order valence-corrected chi connectivity index (χ4v) is 2.14. The summed E-state index contributed by atoms with van der Waals surface area (Å²) in [6, 6.07) is 8.77. The fourth-order valence-electron chi connectivity index (χ4n) is 2.14. The van der Waals surface area contributed by atoms with Gasteiger partial charge < -0.3 is 10.4 Å². The van der Waals surface area contributed by atoms with Crippen LogP contribution in [0.15, 0.2) is 30.3 Å². The normalized spacial score (nSPS) is 12.3. The average molecular weight is 263 g/mol. The number of hydrogen-bond donors (Lipinski definition) is 2. The lowest BCUT2D eigenvalue weighted by atomic mass is 10.1. The third-order valence-corrected chi connectivity index (χ3v) is 3.26. The first-order valence-corrected chi connectivity index (χ1v) is 7.27. The van der Waals surface area contributed by atoms with Gasteiger partial charge in [-0.05, 0) is 18.5 Å². The Morgan fingerprint density at radius 3 is 2.37 bits per heavy atom. The van der Waals surface area contributed by atoms with Gasteiger partial charge in [0.1, 0.15) is 6.04 Å². The number of carboxylic acids is 1. The smallest absolute Gasteiger partial charge is 0.325 e. The van der Waals surface area contributed by atoms with Crippen molar-refractivity contribution in [3.05, 3.63) is 35.9 Å². The predicted octanol–water partition coefficient (Wildman–Crippen LogP) is 3.76. The lowest BCUT2D eigenvalue weighted by Gasteiger charge is -2.14. The first-order valence-electron chi connectivity index (χ1n) is 7.27. The van der Waals surface area contributed by atoms with Crippen LogP contribution < -0.4 is 5.32 Å². The van der Waals surface area contributed by atoms with Gasteiger partial charge in [0, 0.05) is 0 Å². The molecule has 0 fully saturated rings. The molecular weight excluding hydrogens is 238 g/mol. The first-order chi connectivity index (χ1) is 9.25. The molecule has 0 saturated carbocycles. The molecular formula is C16H25NO2. The first kappa shape index (κ1) is 15.7. The van der Waals surface area contributed by atoms with E-state index in [4.69, 9.17) is 0 Å². The summed E-state index contributed by atoms with van der Waals surface area (Å²) < 4.78 is 0. The summed E-state index contributed by atoms with van der Waals surface area (Å²) in [6.07, 6.45) is 7.31. The Morgan fingerprint density at radius 1 is 1.11 bits per heavy atom. The second-order valence-electron chi connectivity index (χ2n) is 4.90. The zero-order valence-electron chi connectivity index (χ0n) is 11.8. The minimum absolute atomic E-state index is 0.586. The quantitative estimate of drug-likeness (QED) is 0.632. The fraction of sp³-hybridized carbons (Fsp3) is 0.562. The number of carboxylic acid groups (broad SMARTS) is 1. The van der Waals surface area contributed by atoms with Gasteiger partial charge >= 0.3 is 5.97 Å². The Balaban J connectivity index is 2.26. The van der Waals surface area contributed by atoms with E-state index in [1.165, 1.54) is 32.1 Å². The van der Waals surface area contributed by atoms with Gasteiger partial charge in [-0.25, -0.2) is 0 Å². The van der Waals surface area contributed by atoms with Crippen LogP contribution in [0.4, 0.5) is 0 Å². The van der Waals surface area contributed by atoms with Crippen LogP contribution in [0.5, 0.6) is 0 Å². The highest BCUT2D eigenvalue weighted by molar-refractivity contribution is 5.75. The van der Waals surface area contributed by atoms with Gasteiger partial charge in [-0.1, -0.05) is 69.4 Å². The molecule has 19 heavy (non-hydrogen) atoms. The van der Waals surface area contributed by atoms with Gasteiger partial charge in [-0.3, -0.25) is 4.79 Å². The topological polar surface area (TPSA) is 49.3 Å². The predicted molar refractivity (Wildman–Crippen MR) is 78.2 cm³/mol. The van der Waals surface area contributed by atoms with Crippen molar-refractivity contribution >= 4 is 5.97 Å². The maximum Gasteiger partial charge on any atom is 0.325 e. The molecule has 0 amide bonds. The lowest BCUT2D eigenvalue weighted by molar-refractivity contribution is -0.139. The van der Waals surface area contributed by atoms with Crippen molar-refractivity contribution in [3.63, 3.8) is 0 Å². The van der Waals surface area contributed by atoms with Crippen LogP contribution in [-0.4, -0.2) is 17.6 Å². The van der Waals surface area contributed by atoms with E-state index in [0.29, 0.717) is 0 Å². The molecule has 0 aliphatic rings. The van der Waals surface area contributed by atoms with Gasteiger partial charge in [-0.2, -0.15) is 0 Å². The minimum Gasteiger partial charge on any atom is -0.480 e. The molecule has 0 spiro atoms. The summed E-state index contributed by atoms with van der Waals surface area (Å²) in [5, 5.41) is 12.4. The van der Waals surface area contributed by atoms with Crippen molar-refractivity contribution in [2.24, 2.45) is 0 Å². The van der Waals surface area contributed by atoms with E-state index >= 15 is 0 Å². The number of nitrogens with one attached hydrogen (secondary N) is 1. The van der Waals surface area contributed by atoms with E-state index in [2.05, 4.69) is 12.2 Å². The van der Waals surface area contributed by atoms with Crippen LogP contribution >= 0.6 is 0 Å². The Bertz CT molecular complexity index is 351. The van der Waals surface area contributed by atoms with Crippen LogP contribution in [0, 0.1) is 0 Å². The van der Waals surface area contributed by atoms with E-state index in [1.54, 1.807) is 0 Å². The zero-order chi connectivity index (χ0) is 13.9. The van der Waals surface area contributed by atoms with Gasteiger partial charge in [-0.15, -0.1) is 0 Å². The van der Waals surface area contributed by atoms with Crippen molar-refractivity contribution in [1.82, 2.24) is 5.32 Å². The van der Waals surface area contributed by atoms with Crippen LogP contribution in [-0.2, 0) is 4.79 Å². The monoisotopic (exact) mass is 263 g/mol. The Morgan fingerprint density at radius 2 is 1.74 bits per heavy atom. The Kier molecular flexibility index (Phi) is 7.91. The van der Waals surface area contributed by atoms with Crippen LogP contribution in [0.1, 0.15) is 57.1 Å². The summed E-state index contributed by atoms with van der Waals surface area (Å²) in [4.78, 5) is 11.2. The molecule has 3 nitrogen and oxygen atoms in total. The third-order valence-electron chi connectivity index (χ3n) is 3.26. The SMILES string of the molecule is CCCCCCCCNC(C(=O)O)c1ccccc1. The second-order valence-corrected chi connectivity index (χ2v) is 4.90. The summed E-state index contributed by atoms with van der Waals surface area (Å²) >= 11 is 0. The number of hydrogen-bond acceptors (Lipinski definition) is 2. The number of rotatable bonds is 10. The maximum atomic E-state index is 11.2.